The quantitative estimate of drug-likeness (QED) is 0.817. The molecule has 8 nitrogen and oxygen atoms in total. The molecular formula is C15H16ClN3O5S. The third kappa shape index (κ3) is 3.94. The van der Waals surface area contributed by atoms with Crippen molar-refractivity contribution in [2.75, 3.05) is 17.9 Å². The average molecular weight is 386 g/mol. The van der Waals surface area contributed by atoms with Gasteiger partial charge in [-0.3, -0.25) is 9.40 Å². The van der Waals surface area contributed by atoms with E-state index in [-0.39, 0.29) is 27.2 Å². The lowest BCUT2D eigenvalue weighted by atomic mass is 10.1. The first-order valence-corrected chi connectivity index (χ1v) is 9.40. The lowest BCUT2D eigenvalue weighted by Crippen LogP contribution is -2.20. The summed E-state index contributed by atoms with van der Waals surface area (Å²) in [4.78, 5) is 11.1. The maximum Gasteiger partial charge on any atom is 0.337 e. The van der Waals surface area contributed by atoms with Crippen molar-refractivity contribution in [2.24, 2.45) is 0 Å². The zero-order valence-corrected chi connectivity index (χ0v) is 14.6. The number of ether oxygens (including phenoxy) is 1. The van der Waals surface area contributed by atoms with Gasteiger partial charge in [-0.2, -0.15) is 5.10 Å². The van der Waals surface area contributed by atoms with Crippen LogP contribution in [0.25, 0.3) is 0 Å². The second-order valence-electron chi connectivity index (χ2n) is 5.60. The molecule has 134 valence electrons. The van der Waals surface area contributed by atoms with Crippen molar-refractivity contribution in [1.82, 2.24) is 9.78 Å². The number of carboxylic acids is 1. The van der Waals surface area contributed by atoms with Crippen LogP contribution in [0.1, 0.15) is 29.2 Å². The summed E-state index contributed by atoms with van der Waals surface area (Å²) in [6.07, 6.45) is 4.28. The third-order valence-electron chi connectivity index (χ3n) is 3.90. The molecule has 1 fully saturated rings. The molecule has 2 heterocycles. The van der Waals surface area contributed by atoms with Crippen molar-refractivity contribution in [3.05, 3.63) is 41.2 Å². The van der Waals surface area contributed by atoms with E-state index in [1.165, 1.54) is 30.6 Å². The van der Waals surface area contributed by atoms with E-state index in [1.807, 2.05) is 0 Å². The molecular weight excluding hydrogens is 370 g/mol. The third-order valence-corrected chi connectivity index (χ3v) is 5.57. The number of sulfonamides is 1. The molecule has 0 unspecified atom stereocenters. The minimum atomic E-state index is -3.89. The molecule has 1 aromatic heterocycles. The van der Waals surface area contributed by atoms with Gasteiger partial charge in [0.25, 0.3) is 10.0 Å². The van der Waals surface area contributed by atoms with Gasteiger partial charge < -0.3 is 9.84 Å². The Morgan fingerprint density at radius 2 is 2.08 bits per heavy atom. The van der Waals surface area contributed by atoms with Crippen molar-refractivity contribution in [2.45, 2.75) is 23.8 Å². The van der Waals surface area contributed by atoms with Crippen LogP contribution in [0.15, 0.2) is 35.5 Å². The maximum atomic E-state index is 12.5. The number of halogens is 1. The highest BCUT2D eigenvalue weighted by Gasteiger charge is 2.22. The van der Waals surface area contributed by atoms with E-state index in [9.17, 15) is 13.2 Å². The highest BCUT2D eigenvalue weighted by molar-refractivity contribution is 7.92. The highest BCUT2D eigenvalue weighted by Crippen LogP contribution is 2.24. The van der Waals surface area contributed by atoms with E-state index in [1.54, 1.807) is 4.68 Å². The zero-order valence-electron chi connectivity index (χ0n) is 13.1. The minimum absolute atomic E-state index is 0.00539. The Morgan fingerprint density at radius 1 is 1.36 bits per heavy atom. The van der Waals surface area contributed by atoms with Gasteiger partial charge in [-0.25, -0.2) is 13.2 Å². The van der Waals surface area contributed by atoms with Gasteiger partial charge in [-0.1, -0.05) is 11.6 Å². The molecule has 0 bridgehead atoms. The summed E-state index contributed by atoms with van der Waals surface area (Å²) in [5.41, 5.74) is -0.0691. The van der Waals surface area contributed by atoms with Gasteiger partial charge in [0.2, 0.25) is 0 Å². The molecule has 1 aromatic carbocycles. The summed E-state index contributed by atoms with van der Waals surface area (Å²) in [5, 5.41) is 13.2. The van der Waals surface area contributed by atoms with Gasteiger partial charge in [0.05, 0.1) is 22.8 Å². The smallest absolute Gasteiger partial charge is 0.337 e. The van der Waals surface area contributed by atoms with Crippen LogP contribution in [0, 0.1) is 0 Å². The van der Waals surface area contributed by atoms with E-state index in [0.717, 1.165) is 12.8 Å². The molecule has 0 amide bonds. The molecule has 3 rings (SSSR count). The first-order chi connectivity index (χ1) is 11.9. The predicted octanol–water partition coefficient (Wildman–Crippen LogP) is 2.39. The van der Waals surface area contributed by atoms with Crippen LogP contribution in [0.4, 0.5) is 5.69 Å². The first kappa shape index (κ1) is 17.7. The Bertz CT molecular complexity index is 890. The Hall–Kier alpha value is -2.10. The maximum absolute atomic E-state index is 12.5. The molecule has 0 saturated carbocycles. The molecule has 0 atom stereocenters. The Morgan fingerprint density at radius 3 is 2.76 bits per heavy atom. The number of aromatic nitrogens is 2. The number of nitrogens with one attached hydrogen (secondary N) is 1. The van der Waals surface area contributed by atoms with Gasteiger partial charge in [-0.15, -0.1) is 0 Å². The largest absolute Gasteiger partial charge is 0.478 e. The molecule has 0 spiro atoms. The van der Waals surface area contributed by atoms with Crippen LogP contribution in [-0.4, -0.2) is 42.5 Å². The van der Waals surface area contributed by atoms with E-state index in [2.05, 4.69) is 9.82 Å². The number of aromatic carboxylic acids is 1. The zero-order chi connectivity index (χ0) is 18.0. The van der Waals surface area contributed by atoms with Gasteiger partial charge in [0, 0.05) is 25.1 Å². The minimum Gasteiger partial charge on any atom is -0.478 e. The fourth-order valence-electron chi connectivity index (χ4n) is 2.58. The number of rotatable bonds is 5. The standard InChI is InChI=1S/C15H16ClN3O5S/c16-14-2-1-10(7-13(14)15(20)21)18-25(22,23)12-8-17-19(9-12)11-3-5-24-6-4-11/h1-2,7-9,11,18H,3-6H2,(H,20,21). The van der Waals surface area contributed by atoms with Crippen molar-refractivity contribution in [3.63, 3.8) is 0 Å². The summed E-state index contributed by atoms with van der Waals surface area (Å²) in [5.74, 6) is -1.24. The van der Waals surface area contributed by atoms with Crippen molar-refractivity contribution in [3.8, 4) is 0 Å². The average Bonchev–Trinajstić information content (AvgIpc) is 3.08. The number of anilines is 1. The number of carbonyl (C=O) groups is 1. The van der Waals surface area contributed by atoms with E-state index >= 15 is 0 Å². The number of hydrogen-bond donors (Lipinski definition) is 2. The fourth-order valence-corrected chi connectivity index (χ4v) is 3.76. The van der Waals surface area contributed by atoms with Crippen LogP contribution in [0.5, 0.6) is 0 Å². The second kappa shape index (κ2) is 7.03. The van der Waals surface area contributed by atoms with Crippen molar-refractivity contribution < 1.29 is 23.1 Å². The highest BCUT2D eigenvalue weighted by atomic mass is 35.5. The number of benzene rings is 1. The van der Waals surface area contributed by atoms with Crippen LogP contribution in [0.2, 0.25) is 5.02 Å². The van der Waals surface area contributed by atoms with E-state index in [4.69, 9.17) is 21.4 Å². The first-order valence-electron chi connectivity index (χ1n) is 7.54. The topological polar surface area (TPSA) is 111 Å². The number of hydrogen-bond acceptors (Lipinski definition) is 5. The van der Waals surface area contributed by atoms with Gasteiger partial charge >= 0.3 is 5.97 Å². The Labute approximate surface area is 149 Å². The Balaban J connectivity index is 1.81. The summed E-state index contributed by atoms with van der Waals surface area (Å²) in [6, 6.07) is 4.00. The van der Waals surface area contributed by atoms with E-state index < -0.39 is 16.0 Å². The predicted molar refractivity (Wildman–Crippen MR) is 90.5 cm³/mol. The second-order valence-corrected chi connectivity index (χ2v) is 7.69. The number of nitrogens with zero attached hydrogens (tertiary/aromatic N) is 2. The van der Waals surface area contributed by atoms with Crippen molar-refractivity contribution >= 4 is 33.3 Å². The lowest BCUT2D eigenvalue weighted by molar-refractivity contribution is 0.0661. The summed E-state index contributed by atoms with van der Waals surface area (Å²) in [7, 11) is -3.89. The molecule has 2 aromatic rings. The van der Waals surface area contributed by atoms with Crippen LogP contribution in [0.3, 0.4) is 0 Å². The molecule has 2 N–H and O–H groups in total. The van der Waals surface area contributed by atoms with E-state index in [0.29, 0.717) is 13.2 Å². The Kier molecular flexibility index (Phi) is 4.98. The molecule has 1 aliphatic heterocycles. The number of carboxylic acid groups (broad SMARTS) is 1. The molecule has 25 heavy (non-hydrogen) atoms. The SMILES string of the molecule is O=C(O)c1cc(NS(=O)(=O)c2cnn(C3CCOCC3)c2)ccc1Cl. The van der Waals surface area contributed by atoms with Crippen LogP contribution < -0.4 is 4.72 Å². The molecule has 0 aliphatic carbocycles. The van der Waals surface area contributed by atoms with Crippen molar-refractivity contribution in [1.29, 1.82) is 0 Å². The summed E-state index contributed by atoms with van der Waals surface area (Å²) in [6.45, 7) is 1.24. The van der Waals surface area contributed by atoms with Gasteiger partial charge in [-0.05, 0) is 31.0 Å². The normalized spacial score (nSPS) is 15.9. The van der Waals surface area contributed by atoms with Crippen LogP contribution >= 0.6 is 11.6 Å². The van der Waals surface area contributed by atoms with Gasteiger partial charge in [0.15, 0.2) is 0 Å². The van der Waals surface area contributed by atoms with Gasteiger partial charge in [0.1, 0.15) is 4.90 Å². The fraction of sp³-hybridized carbons (Fsp3) is 0.333. The molecule has 10 heteroatoms. The lowest BCUT2D eigenvalue weighted by Gasteiger charge is -2.22. The molecule has 0 radical (unpaired) electrons. The summed E-state index contributed by atoms with van der Waals surface area (Å²) < 4.78 is 34.2. The molecule has 1 saturated heterocycles. The van der Waals surface area contributed by atoms with Crippen LogP contribution in [-0.2, 0) is 14.8 Å². The monoisotopic (exact) mass is 385 g/mol. The summed E-state index contributed by atoms with van der Waals surface area (Å²) >= 11 is 5.79. The molecule has 1 aliphatic rings.